The third kappa shape index (κ3) is 6.10. The van der Waals surface area contributed by atoms with E-state index in [1.807, 2.05) is 41.1 Å². The zero-order valence-corrected chi connectivity index (χ0v) is 19.3. The molecule has 33 heavy (non-hydrogen) atoms. The van der Waals surface area contributed by atoms with Crippen molar-refractivity contribution in [3.05, 3.63) is 66.2 Å². The average Bonchev–Trinajstić information content (AvgIpc) is 3.25. The minimum absolute atomic E-state index is 0.243. The number of nitrogens with one attached hydrogen (secondary N) is 2. The molecule has 0 saturated heterocycles. The number of fused-ring (bicyclic) bond motifs is 1. The largest absolute Gasteiger partial charge is 0.491 e. The van der Waals surface area contributed by atoms with Crippen molar-refractivity contribution in [1.82, 2.24) is 25.4 Å². The van der Waals surface area contributed by atoms with Crippen LogP contribution in [0.3, 0.4) is 0 Å². The van der Waals surface area contributed by atoms with Crippen LogP contribution >= 0.6 is 0 Å². The lowest BCUT2D eigenvalue weighted by atomic mass is 10.1. The number of guanidine groups is 1. The van der Waals surface area contributed by atoms with Crippen molar-refractivity contribution in [1.29, 1.82) is 0 Å². The third-order valence-electron chi connectivity index (χ3n) is 5.45. The maximum atomic E-state index is 6.09. The Morgan fingerprint density at radius 3 is 2.79 bits per heavy atom. The summed E-state index contributed by atoms with van der Waals surface area (Å²) >= 11 is 0. The van der Waals surface area contributed by atoms with E-state index in [-0.39, 0.29) is 6.04 Å². The fourth-order valence-corrected chi connectivity index (χ4v) is 3.94. The number of methoxy groups -OCH3 is 1. The van der Waals surface area contributed by atoms with Gasteiger partial charge in [-0.1, -0.05) is 48.5 Å². The minimum atomic E-state index is 0.243. The summed E-state index contributed by atoms with van der Waals surface area (Å²) in [4.78, 5) is 9.27. The fraction of sp³-hybridized carbons (Fsp3) is 0.400. The molecule has 1 aliphatic rings. The number of benzene rings is 2. The lowest BCUT2D eigenvalue weighted by molar-refractivity contribution is 0.177. The molecule has 0 bridgehead atoms. The number of nitrogens with zero attached hydrogens (tertiary/aromatic N) is 4. The smallest absolute Gasteiger partial charge is 0.191 e. The van der Waals surface area contributed by atoms with Crippen LogP contribution in [0.1, 0.15) is 25.0 Å². The van der Waals surface area contributed by atoms with Gasteiger partial charge >= 0.3 is 0 Å². The highest BCUT2D eigenvalue weighted by Gasteiger charge is 2.22. The lowest BCUT2D eigenvalue weighted by Crippen LogP contribution is -2.47. The number of ether oxygens (including phenoxy) is 2. The van der Waals surface area contributed by atoms with Gasteiger partial charge in [0.05, 0.1) is 13.1 Å². The van der Waals surface area contributed by atoms with E-state index >= 15 is 0 Å². The minimum Gasteiger partial charge on any atom is -0.491 e. The molecule has 1 atom stereocenters. The van der Waals surface area contributed by atoms with Gasteiger partial charge in [-0.05, 0) is 25.0 Å². The predicted molar refractivity (Wildman–Crippen MR) is 129 cm³/mol. The second kappa shape index (κ2) is 11.5. The second-order valence-electron chi connectivity index (χ2n) is 7.91. The first kappa shape index (κ1) is 22.8. The number of hydrogen-bond acceptors (Lipinski definition) is 5. The Bertz CT molecular complexity index is 1050. The van der Waals surface area contributed by atoms with Crippen LogP contribution in [0.4, 0.5) is 0 Å². The molecule has 8 nitrogen and oxygen atoms in total. The van der Waals surface area contributed by atoms with Crippen molar-refractivity contribution in [3.8, 4) is 16.9 Å². The van der Waals surface area contributed by atoms with E-state index in [0.29, 0.717) is 19.8 Å². The molecule has 2 heterocycles. The highest BCUT2D eigenvalue weighted by Crippen LogP contribution is 2.29. The first-order chi connectivity index (χ1) is 16.3. The van der Waals surface area contributed by atoms with E-state index in [2.05, 4.69) is 45.8 Å². The molecule has 1 unspecified atom stereocenters. The standard InChI is InChI=1S/C25H32N6O2/c1-3-26-25(28-20-13-14-24-29-23(18-32-2)30-31(24)17-20)27-15-16-33-22-12-8-7-11-21(22)19-9-5-4-6-10-19/h4-12,20H,3,13-18H2,1-2H3,(H2,26,27,28). The number of aliphatic imine (C=N–C) groups is 1. The Labute approximate surface area is 195 Å². The normalized spacial score (nSPS) is 15.7. The van der Waals surface area contributed by atoms with Crippen LogP contribution in [0, 0.1) is 0 Å². The summed E-state index contributed by atoms with van der Waals surface area (Å²) in [6.45, 7) is 5.11. The van der Waals surface area contributed by atoms with Crippen molar-refractivity contribution >= 4 is 5.96 Å². The van der Waals surface area contributed by atoms with E-state index in [9.17, 15) is 0 Å². The van der Waals surface area contributed by atoms with Gasteiger partial charge in [-0.25, -0.2) is 14.7 Å². The summed E-state index contributed by atoms with van der Waals surface area (Å²) in [6.07, 6.45) is 1.86. The molecule has 2 N–H and O–H groups in total. The Kier molecular flexibility index (Phi) is 7.92. The molecule has 0 spiro atoms. The van der Waals surface area contributed by atoms with Crippen molar-refractivity contribution in [2.24, 2.45) is 4.99 Å². The van der Waals surface area contributed by atoms with Crippen LogP contribution in [0.15, 0.2) is 59.6 Å². The molecule has 4 rings (SSSR count). The summed E-state index contributed by atoms with van der Waals surface area (Å²) in [7, 11) is 1.66. The Balaban J connectivity index is 1.33. The van der Waals surface area contributed by atoms with Gasteiger partial charge < -0.3 is 20.1 Å². The molecule has 0 aliphatic carbocycles. The molecule has 0 saturated carbocycles. The van der Waals surface area contributed by atoms with Gasteiger partial charge in [0.15, 0.2) is 11.8 Å². The SMILES string of the molecule is CCNC(=NCCOc1ccccc1-c1ccccc1)NC1CCc2nc(COC)nn2C1. The van der Waals surface area contributed by atoms with Crippen LogP contribution in [0.25, 0.3) is 11.1 Å². The van der Waals surface area contributed by atoms with Crippen molar-refractivity contribution in [3.63, 3.8) is 0 Å². The zero-order valence-electron chi connectivity index (χ0n) is 19.3. The Morgan fingerprint density at radius 2 is 1.97 bits per heavy atom. The Morgan fingerprint density at radius 1 is 1.15 bits per heavy atom. The summed E-state index contributed by atoms with van der Waals surface area (Å²) in [5.41, 5.74) is 2.23. The number of hydrogen-bond donors (Lipinski definition) is 2. The summed E-state index contributed by atoms with van der Waals surface area (Å²) in [5, 5.41) is 11.4. The van der Waals surface area contributed by atoms with Crippen molar-refractivity contribution in [2.75, 3.05) is 26.8 Å². The van der Waals surface area contributed by atoms with Crippen LogP contribution in [0.2, 0.25) is 0 Å². The molecule has 0 fully saturated rings. The topological polar surface area (TPSA) is 85.6 Å². The first-order valence-corrected chi connectivity index (χ1v) is 11.5. The van der Waals surface area contributed by atoms with E-state index in [0.717, 1.165) is 60.4 Å². The molecule has 174 valence electrons. The number of aromatic nitrogens is 3. The maximum absolute atomic E-state index is 6.09. The molecule has 2 aromatic carbocycles. The molecule has 0 amide bonds. The third-order valence-corrected chi connectivity index (χ3v) is 5.45. The first-order valence-electron chi connectivity index (χ1n) is 11.5. The van der Waals surface area contributed by atoms with Crippen LogP contribution < -0.4 is 15.4 Å². The molecule has 0 radical (unpaired) electrons. The number of aryl methyl sites for hydroxylation is 1. The van der Waals surface area contributed by atoms with Gasteiger partial charge in [-0.2, -0.15) is 5.10 Å². The van der Waals surface area contributed by atoms with Crippen molar-refractivity contribution < 1.29 is 9.47 Å². The van der Waals surface area contributed by atoms with Gasteiger partial charge in [-0.3, -0.25) is 0 Å². The van der Waals surface area contributed by atoms with Gasteiger partial charge in [0.1, 0.15) is 24.8 Å². The summed E-state index contributed by atoms with van der Waals surface area (Å²) < 4.78 is 13.2. The molecule has 1 aromatic heterocycles. The van der Waals surface area contributed by atoms with Gasteiger partial charge in [-0.15, -0.1) is 0 Å². The van der Waals surface area contributed by atoms with Gasteiger partial charge in [0.2, 0.25) is 0 Å². The molecule has 3 aromatic rings. The highest BCUT2D eigenvalue weighted by molar-refractivity contribution is 5.80. The average molecular weight is 449 g/mol. The molecule has 1 aliphatic heterocycles. The molecular weight excluding hydrogens is 416 g/mol. The number of rotatable bonds is 9. The zero-order chi connectivity index (χ0) is 22.9. The van der Waals surface area contributed by atoms with E-state index in [1.54, 1.807) is 7.11 Å². The van der Waals surface area contributed by atoms with Crippen molar-refractivity contribution in [2.45, 2.75) is 39.0 Å². The molecular formula is C25H32N6O2. The van der Waals surface area contributed by atoms with Crippen LogP contribution in [0.5, 0.6) is 5.75 Å². The molecule has 8 heteroatoms. The number of para-hydroxylation sites is 1. The maximum Gasteiger partial charge on any atom is 0.191 e. The fourth-order valence-electron chi connectivity index (χ4n) is 3.94. The Hall–Kier alpha value is -3.39. The summed E-state index contributed by atoms with van der Waals surface area (Å²) in [5.74, 6) is 3.42. The summed E-state index contributed by atoms with van der Waals surface area (Å²) in [6, 6.07) is 18.6. The van der Waals surface area contributed by atoms with Gasteiger partial charge in [0.25, 0.3) is 0 Å². The van der Waals surface area contributed by atoms with E-state index < -0.39 is 0 Å². The second-order valence-corrected chi connectivity index (χ2v) is 7.91. The van der Waals surface area contributed by atoms with Crippen LogP contribution in [-0.4, -0.2) is 53.6 Å². The van der Waals surface area contributed by atoms with Gasteiger partial charge in [0, 0.05) is 31.7 Å². The highest BCUT2D eigenvalue weighted by atomic mass is 16.5. The van der Waals surface area contributed by atoms with Crippen LogP contribution in [-0.2, 0) is 24.3 Å². The lowest BCUT2D eigenvalue weighted by Gasteiger charge is -2.25. The van der Waals surface area contributed by atoms with E-state index in [4.69, 9.17) is 14.5 Å². The predicted octanol–water partition coefficient (Wildman–Crippen LogP) is 3.04. The monoisotopic (exact) mass is 448 g/mol. The van der Waals surface area contributed by atoms with E-state index in [1.165, 1.54) is 0 Å². The quantitative estimate of drug-likeness (QED) is 0.297.